The Labute approximate surface area is 185 Å². The van der Waals surface area contributed by atoms with E-state index < -0.39 is 5.82 Å². The summed E-state index contributed by atoms with van der Waals surface area (Å²) >= 11 is 0. The number of hydrazone groups is 1. The second-order valence-corrected chi connectivity index (χ2v) is 8.18. The van der Waals surface area contributed by atoms with Crippen LogP contribution >= 0.6 is 0 Å². The van der Waals surface area contributed by atoms with Gasteiger partial charge in [0.2, 0.25) is 0 Å². The number of nitrogens with zero attached hydrogens (tertiary/aromatic N) is 2. The van der Waals surface area contributed by atoms with E-state index in [0.717, 1.165) is 17.5 Å². The number of amides is 1. The minimum atomic E-state index is -0.467. The first-order chi connectivity index (χ1) is 15.7. The number of halogens is 1. The van der Waals surface area contributed by atoms with Gasteiger partial charge < -0.3 is 0 Å². The largest absolute Gasteiger partial charge is 0.280 e. The van der Waals surface area contributed by atoms with Gasteiger partial charge in [0.15, 0.2) is 0 Å². The molecule has 0 saturated carbocycles. The summed E-state index contributed by atoms with van der Waals surface area (Å²) < 4.78 is 14.4. The van der Waals surface area contributed by atoms with Gasteiger partial charge in [0, 0.05) is 11.5 Å². The quantitative estimate of drug-likeness (QED) is 0.402. The molecule has 0 N–H and O–H groups in total. The van der Waals surface area contributed by atoms with Crippen LogP contribution in [0.2, 0.25) is 0 Å². The summed E-state index contributed by atoms with van der Waals surface area (Å²) in [5.41, 5.74) is 4.59. The van der Waals surface area contributed by atoms with Crippen molar-refractivity contribution in [1.82, 2.24) is 0 Å². The SMILES string of the molecule is O=C1C2=CC(Cc3ccc4ccccc4c3)c3ccccc3C2=NN1c1ccccc1F. The molecule has 1 unspecified atom stereocenters. The normalized spacial score (nSPS) is 17.1. The van der Waals surface area contributed by atoms with Crippen molar-refractivity contribution in [3.05, 3.63) is 125 Å². The van der Waals surface area contributed by atoms with Crippen LogP contribution in [0, 0.1) is 5.82 Å². The first-order valence-corrected chi connectivity index (χ1v) is 10.7. The van der Waals surface area contributed by atoms with Crippen LogP contribution in [0.1, 0.15) is 22.6 Å². The van der Waals surface area contributed by atoms with Crippen molar-refractivity contribution in [3.8, 4) is 0 Å². The Hall–Kier alpha value is -4.05. The molecule has 2 aliphatic rings. The molecule has 32 heavy (non-hydrogen) atoms. The Morgan fingerprint density at radius 3 is 2.47 bits per heavy atom. The van der Waals surface area contributed by atoms with Crippen LogP contribution in [0.15, 0.2) is 108 Å². The average molecular weight is 418 g/mol. The first kappa shape index (κ1) is 18.7. The van der Waals surface area contributed by atoms with E-state index in [-0.39, 0.29) is 17.5 Å². The molecular formula is C28H19FN2O. The monoisotopic (exact) mass is 418 g/mol. The Bertz CT molecular complexity index is 1450. The van der Waals surface area contributed by atoms with Crippen molar-refractivity contribution in [2.75, 3.05) is 5.01 Å². The number of allylic oxidation sites excluding steroid dienone is 1. The number of carbonyl (C=O) groups is 1. The molecule has 154 valence electrons. The van der Waals surface area contributed by atoms with Gasteiger partial charge in [-0.3, -0.25) is 4.79 Å². The molecule has 4 aromatic rings. The van der Waals surface area contributed by atoms with E-state index >= 15 is 0 Å². The lowest BCUT2D eigenvalue weighted by Crippen LogP contribution is -2.24. The van der Waals surface area contributed by atoms with Crippen molar-refractivity contribution >= 4 is 28.1 Å². The molecule has 4 aromatic carbocycles. The molecule has 0 spiro atoms. The van der Waals surface area contributed by atoms with E-state index in [4.69, 9.17) is 0 Å². The highest BCUT2D eigenvalue weighted by molar-refractivity contribution is 6.36. The minimum absolute atomic E-state index is 0.0332. The number of anilines is 1. The highest BCUT2D eigenvalue weighted by atomic mass is 19.1. The fourth-order valence-corrected chi connectivity index (χ4v) is 4.67. The van der Waals surface area contributed by atoms with Gasteiger partial charge in [0.25, 0.3) is 5.91 Å². The van der Waals surface area contributed by atoms with Gasteiger partial charge in [-0.05, 0) is 40.5 Å². The van der Waals surface area contributed by atoms with Crippen molar-refractivity contribution in [2.45, 2.75) is 12.3 Å². The first-order valence-electron chi connectivity index (χ1n) is 10.7. The van der Waals surface area contributed by atoms with Crippen LogP contribution in [-0.2, 0) is 11.2 Å². The molecule has 1 aliphatic heterocycles. The number of fused-ring (bicyclic) bond motifs is 4. The smallest absolute Gasteiger partial charge is 0.267 e. The molecule has 0 bridgehead atoms. The van der Waals surface area contributed by atoms with E-state index in [9.17, 15) is 9.18 Å². The lowest BCUT2D eigenvalue weighted by Gasteiger charge is -2.23. The topological polar surface area (TPSA) is 32.7 Å². The van der Waals surface area contributed by atoms with Gasteiger partial charge in [0.05, 0.1) is 5.57 Å². The van der Waals surface area contributed by atoms with Gasteiger partial charge in [-0.2, -0.15) is 10.1 Å². The zero-order chi connectivity index (χ0) is 21.7. The number of carbonyl (C=O) groups excluding carboxylic acids is 1. The third-order valence-electron chi connectivity index (χ3n) is 6.21. The van der Waals surface area contributed by atoms with Gasteiger partial charge >= 0.3 is 0 Å². The summed E-state index contributed by atoms with van der Waals surface area (Å²) in [5.74, 6) is -0.723. The van der Waals surface area contributed by atoms with E-state index in [2.05, 4.69) is 41.5 Å². The van der Waals surface area contributed by atoms with E-state index in [1.807, 2.05) is 36.4 Å². The molecule has 0 aromatic heterocycles. The van der Waals surface area contributed by atoms with Gasteiger partial charge in [0.1, 0.15) is 17.2 Å². The standard InChI is InChI=1S/C28H19FN2O/c29-25-11-5-6-12-26(25)31-28(32)24-17-21(22-9-3-4-10-23(22)27(24)30-31)16-18-13-14-19-7-1-2-8-20(19)15-18/h1-15,17,21H,16H2. The molecule has 3 nitrogen and oxygen atoms in total. The summed E-state index contributed by atoms with van der Waals surface area (Å²) in [7, 11) is 0. The Balaban J connectivity index is 1.42. The van der Waals surface area contributed by atoms with Crippen LogP contribution in [0.25, 0.3) is 10.8 Å². The van der Waals surface area contributed by atoms with Crippen molar-refractivity contribution in [2.24, 2.45) is 5.10 Å². The second kappa shape index (κ2) is 7.27. The average Bonchev–Trinajstić information content (AvgIpc) is 3.16. The fourth-order valence-electron chi connectivity index (χ4n) is 4.67. The maximum Gasteiger partial charge on any atom is 0.280 e. The third-order valence-corrected chi connectivity index (χ3v) is 6.21. The molecular weight excluding hydrogens is 399 g/mol. The van der Waals surface area contributed by atoms with Crippen LogP contribution < -0.4 is 5.01 Å². The minimum Gasteiger partial charge on any atom is -0.267 e. The van der Waals surface area contributed by atoms with Crippen molar-refractivity contribution in [1.29, 1.82) is 0 Å². The van der Waals surface area contributed by atoms with Crippen molar-refractivity contribution < 1.29 is 9.18 Å². The number of rotatable bonds is 3. The number of hydrogen-bond donors (Lipinski definition) is 0. The molecule has 6 rings (SSSR count). The summed E-state index contributed by atoms with van der Waals surface area (Å²) in [6.07, 6.45) is 2.77. The third kappa shape index (κ3) is 2.95. The van der Waals surface area contributed by atoms with Crippen LogP contribution in [-0.4, -0.2) is 11.6 Å². The van der Waals surface area contributed by atoms with Gasteiger partial charge in [-0.25, -0.2) is 4.39 Å². The Morgan fingerprint density at radius 1 is 0.844 bits per heavy atom. The summed E-state index contributed by atoms with van der Waals surface area (Å²) in [6.45, 7) is 0. The summed E-state index contributed by atoms with van der Waals surface area (Å²) in [4.78, 5) is 13.3. The molecule has 1 atom stereocenters. The number of hydrogen-bond acceptors (Lipinski definition) is 2. The maximum absolute atomic E-state index is 14.4. The highest BCUT2D eigenvalue weighted by Crippen LogP contribution is 2.38. The summed E-state index contributed by atoms with van der Waals surface area (Å²) in [5, 5.41) is 8.13. The van der Waals surface area contributed by atoms with Crippen LogP contribution in [0.5, 0.6) is 0 Å². The fraction of sp³-hybridized carbons (Fsp3) is 0.0714. The predicted octanol–water partition coefficient (Wildman–Crippen LogP) is 6.00. The van der Waals surface area contributed by atoms with Crippen molar-refractivity contribution in [3.63, 3.8) is 0 Å². The van der Waals surface area contributed by atoms with E-state index in [1.54, 1.807) is 18.2 Å². The maximum atomic E-state index is 14.4. The zero-order valence-electron chi connectivity index (χ0n) is 17.2. The lowest BCUT2D eigenvalue weighted by atomic mass is 9.80. The molecule has 0 saturated heterocycles. The Kier molecular flexibility index (Phi) is 4.25. The molecule has 4 heteroatoms. The highest BCUT2D eigenvalue weighted by Gasteiger charge is 2.38. The molecule has 1 heterocycles. The second-order valence-electron chi connectivity index (χ2n) is 8.18. The zero-order valence-corrected chi connectivity index (χ0v) is 17.2. The number of benzene rings is 4. The Morgan fingerprint density at radius 2 is 1.59 bits per heavy atom. The van der Waals surface area contributed by atoms with Crippen LogP contribution in [0.4, 0.5) is 10.1 Å². The lowest BCUT2D eigenvalue weighted by molar-refractivity contribution is -0.114. The van der Waals surface area contributed by atoms with Gasteiger partial charge in [-0.15, -0.1) is 0 Å². The van der Waals surface area contributed by atoms with E-state index in [1.165, 1.54) is 27.4 Å². The number of para-hydroxylation sites is 1. The van der Waals surface area contributed by atoms with Gasteiger partial charge in [-0.1, -0.05) is 84.9 Å². The molecule has 0 fully saturated rings. The molecule has 0 radical (unpaired) electrons. The molecule has 1 aliphatic carbocycles. The van der Waals surface area contributed by atoms with E-state index in [0.29, 0.717) is 11.3 Å². The summed E-state index contributed by atoms with van der Waals surface area (Å²) in [6, 6.07) is 29.1. The molecule has 1 amide bonds. The predicted molar refractivity (Wildman–Crippen MR) is 125 cm³/mol. The van der Waals surface area contributed by atoms with Crippen LogP contribution in [0.3, 0.4) is 0 Å².